The molecular formula is C14H17N3. The maximum absolute atomic E-state index is 4.13. The smallest absolute Gasteiger partial charge is 0.0950 e. The number of hydrogen-bond acceptors (Lipinski definition) is 3. The summed E-state index contributed by atoms with van der Waals surface area (Å²) in [5, 5.41) is 12.9. The SMILES string of the molecule is CC(CC1CC1)Nc1cnnc2ccccc12. The molecule has 0 spiro atoms. The lowest BCUT2D eigenvalue weighted by Gasteiger charge is -2.15. The maximum Gasteiger partial charge on any atom is 0.0950 e. The quantitative estimate of drug-likeness (QED) is 0.871. The fourth-order valence-electron chi connectivity index (χ4n) is 2.30. The van der Waals surface area contributed by atoms with Gasteiger partial charge in [-0.15, -0.1) is 0 Å². The largest absolute Gasteiger partial charge is 0.381 e. The molecule has 1 atom stereocenters. The molecule has 1 heterocycles. The molecule has 0 saturated heterocycles. The number of rotatable bonds is 4. The van der Waals surface area contributed by atoms with E-state index in [1.165, 1.54) is 19.3 Å². The van der Waals surface area contributed by atoms with E-state index in [2.05, 4.69) is 28.5 Å². The monoisotopic (exact) mass is 227 g/mol. The second kappa shape index (κ2) is 4.32. The van der Waals surface area contributed by atoms with E-state index in [0.717, 1.165) is 22.5 Å². The number of hydrogen-bond donors (Lipinski definition) is 1. The minimum atomic E-state index is 0.509. The van der Waals surface area contributed by atoms with Crippen molar-refractivity contribution in [1.29, 1.82) is 0 Å². The Labute approximate surface area is 101 Å². The number of fused-ring (bicyclic) bond motifs is 1. The van der Waals surface area contributed by atoms with Crippen LogP contribution in [0.3, 0.4) is 0 Å². The summed E-state index contributed by atoms with van der Waals surface area (Å²) in [5.74, 6) is 0.943. The molecule has 0 aliphatic heterocycles. The molecule has 1 fully saturated rings. The molecule has 1 N–H and O–H groups in total. The van der Waals surface area contributed by atoms with Crippen LogP contribution in [0.1, 0.15) is 26.2 Å². The molecule has 1 aromatic carbocycles. The first-order chi connectivity index (χ1) is 8.33. The van der Waals surface area contributed by atoms with Gasteiger partial charge >= 0.3 is 0 Å². The van der Waals surface area contributed by atoms with Gasteiger partial charge in [-0.1, -0.05) is 31.0 Å². The van der Waals surface area contributed by atoms with E-state index < -0.39 is 0 Å². The fourth-order valence-corrected chi connectivity index (χ4v) is 2.30. The summed E-state index contributed by atoms with van der Waals surface area (Å²) < 4.78 is 0. The summed E-state index contributed by atoms with van der Waals surface area (Å²) in [6, 6.07) is 8.64. The Morgan fingerprint density at radius 2 is 2.18 bits per heavy atom. The van der Waals surface area contributed by atoms with Gasteiger partial charge in [0.1, 0.15) is 0 Å². The van der Waals surface area contributed by atoms with E-state index in [1.54, 1.807) is 0 Å². The molecule has 2 aromatic rings. The fraction of sp³-hybridized carbons (Fsp3) is 0.429. The molecule has 3 nitrogen and oxygen atoms in total. The van der Waals surface area contributed by atoms with Gasteiger partial charge in [0.25, 0.3) is 0 Å². The molecule has 88 valence electrons. The average molecular weight is 227 g/mol. The normalized spacial score (nSPS) is 17.0. The molecule has 17 heavy (non-hydrogen) atoms. The number of anilines is 1. The van der Waals surface area contributed by atoms with Gasteiger partial charge in [0.2, 0.25) is 0 Å². The van der Waals surface area contributed by atoms with E-state index in [0.29, 0.717) is 6.04 Å². The first-order valence-corrected chi connectivity index (χ1v) is 6.30. The maximum atomic E-state index is 4.13. The first-order valence-electron chi connectivity index (χ1n) is 6.30. The number of nitrogens with one attached hydrogen (secondary N) is 1. The predicted molar refractivity (Wildman–Crippen MR) is 70.0 cm³/mol. The highest BCUT2D eigenvalue weighted by molar-refractivity contribution is 5.90. The van der Waals surface area contributed by atoms with Gasteiger partial charge in [0.05, 0.1) is 17.4 Å². The summed E-state index contributed by atoms with van der Waals surface area (Å²) in [4.78, 5) is 0. The summed E-state index contributed by atoms with van der Waals surface area (Å²) in [6.07, 6.45) is 5.89. The Hall–Kier alpha value is -1.64. The Balaban J connectivity index is 1.83. The Bertz CT molecular complexity index is 514. The van der Waals surface area contributed by atoms with Crippen LogP contribution in [0.15, 0.2) is 30.5 Å². The van der Waals surface area contributed by atoms with Gasteiger partial charge < -0.3 is 5.32 Å². The van der Waals surface area contributed by atoms with Gasteiger partial charge in [-0.2, -0.15) is 10.2 Å². The van der Waals surface area contributed by atoms with Crippen LogP contribution in [0.25, 0.3) is 10.9 Å². The first kappa shape index (κ1) is 10.5. The van der Waals surface area contributed by atoms with Crippen LogP contribution in [0.2, 0.25) is 0 Å². The highest BCUT2D eigenvalue weighted by Gasteiger charge is 2.23. The standard InChI is InChI=1S/C14H17N3/c1-10(8-11-6-7-11)16-14-9-15-17-13-5-3-2-4-12(13)14/h2-5,9-11H,6-8H2,1H3,(H,16,17). The van der Waals surface area contributed by atoms with Crippen molar-refractivity contribution in [3.8, 4) is 0 Å². The van der Waals surface area contributed by atoms with E-state index >= 15 is 0 Å². The summed E-state index contributed by atoms with van der Waals surface area (Å²) in [5.41, 5.74) is 2.06. The molecule has 0 amide bonds. The minimum Gasteiger partial charge on any atom is -0.381 e. The van der Waals surface area contributed by atoms with Crippen LogP contribution in [0.5, 0.6) is 0 Å². The third-order valence-corrected chi connectivity index (χ3v) is 3.33. The highest BCUT2D eigenvalue weighted by Crippen LogP contribution is 2.34. The van der Waals surface area contributed by atoms with Gasteiger partial charge in [-0.25, -0.2) is 0 Å². The Kier molecular flexibility index (Phi) is 2.67. The zero-order valence-electron chi connectivity index (χ0n) is 10.1. The van der Waals surface area contributed by atoms with Crippen molar-refractivity contribution in [2.45, 2.75) is 32.2 Å². The van der Waals surface area contributed by atoms with Gasteiger partial charge in [-0.05, 0) is 25.3 Å². The van der Waals surface area contributed by atoms with Gasteiger partial charge in [0.15, 0.2) is 0 Å². The molecular weight excluding hydrogens is 210 g/mol. The predicted octanol–water partition coefficient (Wildman–Crippen LogP) is 3.23. The van der Waals surface area contributed by atoms with Gasteiger partial charge in [0, 0.05) is 11.4 Å². The third kappa shape index (κ3) is 2.38. The zero-order chi connectivity index (χ0) is 11.7. The molecule has 1 aromatic heterocycles. The van der Waals surface area contributed by atoms with Crippen LogP contribution < -0.4 is 5.32 Å². The molecule has 1 unspecified atom stereocenters. The van der Waals surface area contributed by atoms with Crippen LogP contribution >= 0.6 is 0 Å². The van der Waals surface area contributed by atoms with Crippen molar-refractivity contribution >= 4 is 16.6 Å². The zero-order valence-corrected chi connectivity index (χ0v) is 10.1. The van der Waals surface area contributed by atoms with E-state index in [4.69, 9.17) is 0 Å². The molecule has 0 radical (unpaired) electrons. The molecule has 1 saturated carbocycles. The van der Waals surface area contributed by atoms with Crippen LogP contribution in [0.4, 0.5) is 5.69 Å². The van der Waals surface area contributed by atoms with Crippen molar-refractivity contribution in [2.75, 3.05) is 5.32 Å². The summed E-state index contributed by atoms with van der Waals surface area (Å²) >= 11 is 0. The lowest BCUT2D eigenvalue weighted by molar-refractivity contribution is 0.642. The molecule has 3 heteroatoms. The number of benzene rings is 1. The van der Waals surface area contributed by atoms with E-state index in [9.17, 15) is 0 Å². The summed E-state index contributed by atoms with van der Waals surface area (Å²) in [6.45, 7) is 2.24. The lowest BCUT2D eigenvalue weighted by Crippen LogP contribution is -2.16. The van der Waals surface area contributed by atoms with Crippen molar-refractivity contribution in [1.82, 2.24) is 10.2 Å². The number of aromatic nitrogens is 2. The third-order valence-electron chi connectivity index (χ3n) is 3.33. The van der Waals surface area contributed by atoms with Crippen LogP contribution in [-0.2, 0) is 0 Å². The Morgan fingerprint density at radius 1 is 1.35 bits per heavy atom. The second-order valence-electron chi connectivity index (χ2n) is 5.00. The van der Waals surface area contributed by atoms with E-state index in [-0.39, 0.29) is 0 Å². The molecule has 3 rings (SSSR count). The van der Waals surface area contributed by atoms with Crippen molar-refractivity contribution in [3.05, 3.63) is 30.5 Å². The Morgan fingerprint density at radius 3 is 3.00 bits per heavy atom. The van der Waals surface area contributed by atoms with Crippen molar-refractivity contribution < 1.29 is 0 Å². The second-order valence-corrected chi connectivity index (χ2v) is 5.00. The topological polar surface area (TPSA) is 37.8 Å². The highest BCUT2D eigenvalue weighted by atomic mass is 15.1. The summed E-state index contributed by atoms with van der Waals surface area (Å²) in [7, 11) is 0. The molecule has 1 aliphatic rings. The van der Waals surface area contributed by atoms with Gasteiger partial charge in [-0.3, -0.25) is 0 Å². The van der Waals surface area contributed by atoms with Crippen molar-refractivity contribution in [2.24, 2.45) is 5.92 Å². The van der Waals surface area contributed by atoms with Crippen LogP contribution in [0, 0.1) is 5.92 Å². The van der Waals surface area contributed by atoms with E-state index in [1.807, 2.05) is 24.4 Å². The average Bonchev–Trinajstić information content (AvgIpc) is 3.13. The molecule has 0 bridgehead atoms. The minimum absolute atomic E-state index is 0.509. The molecule has 1 aliphatic carbocycles. The number of nitrogens with zero attached hydrogens (tertiary/aromatic N) is 2. The van der Waals surface area contributed by atoms with Crippen molar-refractivity contribution in [3.63, 3.8) is 0 Å². The lowest BCUT2D eigenvalue weighted by atomic mass is 10.1. The van der Waals surface area contributed by atoms with Crippen LogP contribution in [-0.4, -0.2) is 16.2 Å².